The quantitative estimate of drug-likeness (QED) is 0.697. The van der Waals surface area contributed by atoms with E-state index in [0.29, 0.717) is 11.1 Å². The Morgan fingerprint density at radius 2 is 1.64 bits per heavy atom. The van der Waals surface area contributed by atoms with E-state index in [-0.39, 0.29) is 37.1 Å². The molecule has 0 aromatic heterocycles. The minimum atomic E-state index is -3.51. The summed E-state index contributed by atoms with van der Waals surface area (Å²) in [5.41, 5.74) is 5.98. The van der Waals surface area contributed by atoms with Crippen LogP contribution in [-0.4, -0.2) is 49.5 Å². The Kier molecular flexibility index (Phi) is 4.95. The summed E-state index contributed by atoms with van der Waals surface area (Å²) in [5.74, 6) is -0.859. The van der Waals surface area contributed by atoms with E-state index in [1.165, 1.54) is 0 Å². The number of hydrogen-bond acceptors (Lipinski definition) is 5. The Balaban J connectivity index is 1.58. The molecule has 1 aromatic carbocycles. The number of carbonyl (C=O) groups excluding carboxylic acids is 2. The van der Waals surface area contributed by atoms with Gasteiger partial charge in [0.25, 0.3) is 11.8 Å². The zero-order valence-corrected chi connectivity index (χ0v) is 14.8. The summed E-state index contributed by atoms with van der Waals surface area (Å²) in [4.78, 5) is 25.6. The van der Waals surface area contributed by atoms with E-state index in [1.807, 2.05) is 0 Å². The molecule has 8 heteroatoms. The Morgan fingerprint density at radius 1 is 1.08 bits per heavy atom. The molecule has 0 atom stereocenters. The standard InChI is InChI=1S/C17H23N3O4S/c18-12-17(8-3-4-9-17)19-25(23,24)11-5-10-20-15(21)13-6-1-2-7-14(13)16(20)22/h1-2,6-7,19H,3-5,8-12,18H2. The Hall–Kier alpha value is -1.77. The number of fused-ring (bicyclic) bond motifs is 1. The van der Waals surface area contributed by atoms with E-state index in [1.54, 1.807) is 24.3 Å². The third-order valence-corrected chi connectivity index (χ3v) is 6.57. The minimum Gasteiger partial charge on any atom is -0.329 e. The van der Waals surface area contributed by atoms with Crippen LogP contribution in [0.5, 0.6) is 0 Å². The van der Waals surface area contributed by atoms with Gasteiger partial charge in [-0.2, -0.15) is 0 Å². The van der Waals surface area contributed by atoms with Crippen molar-refractivity contribution in [3.05, 3.63) is 35.4 Å². The van der Waals surface area contributed by atoms with Crippen LogP contribution in [0.25, 0.3) is 0 Å². The van der Waals surface area contributed by atoms with Crippen molar-refractivity contribution < 1.29 is 18.0 Å². The maximum absolute atomic E-state index is 12.4. The lowest BCUT2D eigenvalue weighted by Crippen LogP contribution is -2.52. The molecular weight excluding hydrogens is 342 g/mol. The molecule has 3 N–H and O–H groups in total. The van der Waals surface area contributed by atoms with E-state index < -0.39 is 15.6 Å². The van der Waals surface area contributed by atoms with Crippen molar-refractivity contribution in [2.45, 2.75) is 37.6 Å². The number of nitrogens with two attached hydrogens (primary N) is 1. The first-order valence-electron chi connectivity index (χ1n) is 8.54. The highest BCUT2D eigenvalue weighted by Gasteiger charge is 2.37. The number of hydrogen-bond donors (Lipinski definition) is 2. The van der Waals surface area contributed by atoms with Crippen LogP contribution in [0.15, 0.2) is 24.3 Å². The average molecular weight is 365 g/mol. The third kappa shape index (κ3) is 3.61. The third-order valence-electron chi connectivity index (χ3n) is 5.00. The highest BCUT2D eigenvalue weighted by atomic mass is 32.2. The van der Waals surface area contributed by atoms with E-state index in [9.17, 15) is 18.0 Å². The van der Waals surface area contributed by atoms with Crippen molar-refractivity contribution in [2.24, 2.45) is 5.73 Å². The molecule has 25 heavy (non-hydrogen) atoms. The zero-order chi connectivity index (χ0) is 18.1. The SMILES string of the molecule is NCC1(NS(=O)(=O)CCCN2C(=O)c3ccccc3C2=O)CCCC1. The first-order valence-corrected chi connectivity index (χ1v) is 10.2. The van der Waals surface area contributed by atoms with Gasteiger partial charge < -0.3 is 5.73 Å². The predicted octanol–water partition coefficient (Wildman–Crippen LogP) is 0.864. The molecule has 136 valence electrons. The zero-order valence-electron chi connectivity index (χ0n) is 14.0. The largest absolute Gasteiger partial charge is 0.329 e. The summed E-state index contributed by atoms with van der Waals surface area (Å²) in [6, 6.07) is 6.63. The molecule has 0 radical (unpaired) electrons. The van der Waals surface area contributed by atoms with Crippen LogP contribution >= 0.6 is 0 Å². The lowest BCUT2D eigenvalue weighted by molar-refractivity contribution is 0.0654. The summed E-state index contributed by atoms with van der Waals surface area (Å²) in [7, 11) is -3.51. The minimum absolute atomic E-state index is 0.0862. The van der Waals surface area contributed by atoms with Crippen molar-refractivity contribution in [1.29, 1.82) is 0 Å². The van der Waals surface area contributed by atoms with Crippen LogP contribution in [0.1, 0.15) is 52.8 Å². The van der Waals surface area contributed by atoms with Crippen molar-refractivity contribution in [1.82, 2.24) is 9.62 Å². The molecule has 0 saturated heterocycles. The molecule has 1 aliphatic carbocycles. The van der Waals surface area contributed by atoms with Crippen LogP contribution in [0.2, 0.25) is 0 Å². The lowest BCUT2D eigenvalue weighted by atomic mass is 10.0. The van der Waals surface area contributed by atoms with Crippen molar-refractivity contribution in [3.8, 4) is 0 Å². The summed E-state index contributed by atoms with van der Waals surface area (Å²) in [6.07, 6.45) is 3.63. The van der Waals surface area contributed by atoms with Gasteiger partial charge in [0.1, 0.15) is 0 Å². The Morgan fingerprint density at radius 3 is 2.16 bits per heavy atom. The summed E-state index contributed by atoms with van der Waals surface area (Å²) < 4.78 is 27.4. The topological polar surface area (TPSA) is 110 Å². The second-order valence-corrected chi connectivity index (χ2v) is 8.62. The highest BCUT2D eigenvalue weighted by Crippen LogP contribution is 2.29. The molecule has 1 aliphatic heterocycles. The molecule has 1 heterocycles. The first kappa shape index (κ1) is 18.0. The number of benzene rings is 1. The molecule has 7 nitrogen and oxygen atoms in total. The number of sulfonamides is 1. The molecule has 2 aliphatic rings. The lowest BCUT2D eigenvalue weighted by Gasteiger charge is -2.28. The van der Waals surface area contributed by atoms with Crippen LogP contribution in [0.3, 0.4) is 0 Å². The van der Waals surface area contributed by atoms with Crippen LogP contribution in [0, 0.1) is 0 Å². The van der Waals surface area contributed by atoms with Gasteiger partial charge in [0, 0.05) is 18.6 Å². The summed E-state index contributed by atoms with van der Waals surface area (Å²) >= 11 is 0. The number of imide groups is 1. The van der Waals surface area contributed by atoms with Crippen LogP contribution in [-0.2, 0) is 10.0 Å². The second-order valence-electron chi connectivity index (χ2n) is 6.77. The fraction of sp³-hybridized carbons (Fsp3) is 0.529. The van der Waals surface area contributed by atoms with Gasteiger partial charge in [-0.15, -0.1) is 0 Å². The maximum atomic E-state index is 12.4. The molecule has 0 bridgehead atoms. The summed E-state index contributed by atoms with van der Waals surface area (Å²) in [5, 5.41) is 0. The van der Waals surface area contributed by atoms with Crippen molar-refractivity contribution in [3.63, 3.8) is 0 Å². The molecule has 1 aromatic rings. The van der Waals surface area contributed by atoms with Crippen molar-refractivity contribution >= 4 is 21.8 Å². The normalized spacial score (nSPS) is 19.5. The van der Waals surface area contributed by atoms with Gasteiger partial charge in [-0.1, -0.05) is 25.0 Å². The smallest absolute Gasteiger partial charge is 0.261 e. The number of carbonyl (C=O) groups is 2. The van der Waals surface area contributed by atoms with E-state index in [2.05, 4.69) is 4.72 Å². The number of rotatable bonds is 7. The molecule has 2 amide bonds. The van der Waals surface area contributed by atoms with Gasteiger partial charge in [0.2, 0.25) is 10.0 Å². The van der Waals surface area contributed by atoms with E-state index in [4.69, 9.17) is 5.73 Å². The maximum Gasteiger partial charge on any atom is 0.261 e. The molecule has 1 saturated carbocycles. The molecule has 3 rings (SSSR count). The monoisotopic (exact) mass is 365 g/mol. The second kappa shape index (κ2) is 6.86. The molecular formula is C17H23N3O4S. The van der Waals surface area contributed by atoms with Crippen LogP contribution in [0.4, 0.5) is 0 Å². The highest BCUT2D eigenvalue weighted by molar-refractivity contribution is 7.89. The fourth-order valence-electron chi connectivity index (χ4n) is 3.64. The van der Waals surface area contributed by atoms with Gasteiger partial charge in [-0.3, -0.25) is 14.5 Å². The van der Waals surface area contributed by atoms with Gasteiger partial charge in [0.05, 0.1) is 16.9 Å². The number of nitrogens with one attached hydrogen (secondary N) is 1. The van der Waals surface area contributed by atoms with E-state index >= 15 is 0 Å². The van der Waals surface area contributed by atoms with Gasteiger partial charge in [-0.25, -0.2) is 13.1 Å². The first-order chi connectivity index (χ1) is 11.9. The fourth-order valence-corrected chi connectivity index (χ4v) is 5.19. The summed E-state index contributed by atoms with van der Waals surface area (Å²) in [6.45, 7) is 0.369. The van der Waals surface area contributed by atoms with Gasteiger partial charge in [-0.05, 0) is 31.4 Å². The Labute approximate surface area is 147 Å². The van der Waals surface area contributed by atoms with Gasteiger partial charge in [0.15, 0.2) is 0 Å². The van der Waals surface area contributed by atoms with Gasteiger partial charge >= 0.3 is 0 Å². The molecule has 1 fully saturated rings. The molecule has 0 spiro atoms. The van der Waals surface area contributed by atoms with E-state index in [0.717, 1.165) is 30.6 Å². The number of amides is 2. The number of nitrogens with zero attached hydrogens (tertiary/aromatic N) is 1. The molecule has 0 unspecified atom stereocenters. The average Bonchev–Trinajstić information content (AvgIpc) is 3.14. The Bertz CT molecular complexity index is 750. The van der Waals surface area contributed by atoms with Crippen LogP contribution < -0.4 is 10.5 Å². The predicted molar refractivity (Wildman–Crippen MR) is 93.6 cm³/mol. The van der Waals surface area contributed by atoms with Crippen molar-refractivity contribution in [2.75, 3.05) is 18.8 Å².